The third kappa shape index (κ3) is 5.51. The number of amides is 1. The minimum absolute atomic E-state index is 0.0649. The highest BCUT2D eigenvalue weighted by atomic mass is 35.5. The number of carbonyl (C=O) groups is 2. The first kappa shape index (κ1) is 24.3. The number of carbonyl (C=O) groups excluding carboxylic acids is 2. The van der Waals surface area contributed by atoms with E-state index < -0.39 is 23.3 Å². The zero-order valence-corrected chi connectivity index (χ0v) is 19.6. The van der Waals surface area contributed by atoms with Gasteiger partial charge in [-0.1, -0.05) is 41.9 Å². The third-order valence-electron chi connectivity index (χ3n) is 4.64. The minimum Gasteiger partial charge on any atom is -0.465 e. The number of aromatic nitrogens is 2. The van der Waals surface area contributed by atoms with E-state index in [1.165, 1.54) is 10.6 Å². The van der Waals surface area contributed by atoms with Gasteiger partial charge in [0.1, 0.15) is 17.1 Å². The van der Waals surface area contributed by atoms with Gasteiger partial charge in [0.2, 0.25) is 0 Å². The highest BCUT2D eigenvalue weighted by Gasteiger charge is 2.23. The van der Waals surface area contributed by atoms with Gasteiger partial charge in [0, 0.05) is 5.56 Å². The molecule has 0 aliphatic heterocycles. The Balaban J connectivity index is 1.98. The summed E-state index contributed by atoms with van der Waals surface area (Å²) in [5.74, 6) is -1.85. The van der Waals surface area contributed by atoms with Gasteiger partial charge in [0.15, 0.2) is 5.15 Å². The summed E-state index contributed by atoms with van der Waals surface area (Å²) in [7, 11) is 0. The maximum atomic E-state index is 15.1. The molecule has 0 spiro atoms. The van der Waals surface area contributed by atoms with Crippen LogP contribution < -0.4 is 10.5 Å². The zero-order valence-electron chi connectivity index (χ0n) is 18.8. The summed E-state index contributed by atoms with van der Waals surface area (Å²) >= 11 is 6.03. The normalized spacial score (nSPS) is 11.3. The predicted molar refractivity (Wildman–Crippen MR) is 123 cm³/mol. The Hall–Kier alpha value is -3.39. The van der Waals surface area contributed by atoms with E-state index in [1.807, 2.05) is 0 Å². The van der Waals surface area contributed by atoms with Crippen LogP contribution in [0.2, 0.25) is 5.15 Å². The van der Waals surface area contributed by atoms with Crippen LogP contribution in [0.4, 0.5) is 4.39 Å². The molecule has 0 unspecified atom stereocenters. The van der Waals surface area contributed by atoms with Crippen LogP contribution in [0.1, 0.15) is 54.1 Å². The molecule has 0 fully saturated rings. The fourth-order valence-electron chi connectivity index (χ4n) is 3.28. The summed E-state index contributed by atoms with van der Waals surface area (Å²) < 4.78 is 27.4. The number of benzene rings is 2. The molecular formula is C24H25ClFN3O4. The third-order valence-corrected chi connectivity index (χ3v) is 4.90. The van der Waals surface area contributed by atoms with Crippen LogP contribution in [0.25, 0.3) is 11.1 Å². The van der Waals surface area contributed by atoms with Crippen molar-refractivity contribution in [2.24, 2.45) is 5.73 Å². The minimum atomic E-state index is -0.804. The van der Waals surface area contributed by atoms with E-state index in [9.17, 15) is 9.59 Å². The molecule has 1 heterocycles. The maximum absolute atomic E-state index is 15.1. The van der Waals surface area contributed by atoms with Crippen LogP contribution in [0.5, 0.6) is 6.01 Å². The van der Waals surface area contributed by atoms with Gasteiger partial charge in [-0.15, -0.1) is 0 Å². The van der Waals surface area contributed by atoms with E-state index in [-0.39, 0.29) is 35.6 Å². The fourth-order valence-corrected chi connectivity index (χ4v) is 3.55. The molecule has 0 aliphatic rings. The molecule has 9 heteroatoms. The molecule has 7 nitrogen and oxygen atoms in total. The van der Waals surface area contributed by atoms with Crippen LogP contribution in [0.3, 0.4) is 0 Å². The Morgan fingerprint density at radius 1 is 1.18 bits per heavy atom. The van der Waals surface area contributed by atoms with Crippen molar-refractivity contribution in [2.45, 2.75) is 39.8 Å². The van der Waals surface area contributed by atoms with Gasteiger partial charge in [-0.25, -0.2) is 9.18 Å². The molecule has 0 aliphatic carbocycles. The first-order valence-electron chi connectivity index (χ1n) is 10.3. The quantitative estimate of drug-likeness (QED) is 0.495. The van der Waals surface area contributed by atoms with Gasteiger partial charge in [0.05, 0.1) is 18.7 Å². The van der Waals surface area contributed by atoms with Crippen molar-refractivity contribution >= 4 is 23.5 Å². The highest BCUT2D eigenvalue weighted by molar-refractivity contribution is 6.32. The molecule has 0 bridgehead atoms. The molecule has 174 valence electrons. The molecule has 1 aromatic heterocycles. The van der Waals surface area contributed by atoms with Gasteiger partial charge in [0.25, 0.3) is 11.9 Å². The number of primary amides is 1. The second kappa shape index (κ2) is 9.62. The lowest BCUT2D eigenvalue weighted by Gasteiger charge is -2.20. The average Bonchev–Trinajstić information content (AvgIpc) is 3.03. The van der Waals surface area contributed by atoms with Crippen molar-refractivity contribution in [3.8, 4) is 17.1 Å². The molecule has 1 amide bonds. The van der Waals surface area contributed by atoms with Crippen molar-refractivity contribution in [2.75, 3.05) is 6.61 Å². The van der Waals surface area contributed by atoms with E-state index in [4.69, 9.17) is 26.8 Å². The lowest BCUT2D eigenvalue weighted by molar-refractivity contribution is 0.00703. The number of ether oxygens (including phenoxy) is 2. The maximum Gasteiger partial charge on any atom is 0.339 e. The van der Waals surface area contributed by atoms with Gasteiger partial charge in [-0.2, -0.15) is 4.98 Å². The van der Waals surface area contributed by atoms with Crippen molar-refractivity contribution in [3.63, 3.8) is 0 Å². The molecular weight excluding hydrogens is 449 g/mol. The number of rotatable bonds is 7. The summed E-state index contributed by atoms with van der Waals surface area (Å²) in [5.41, 5.74) is 6.32. The first-order chi connectivity index (χ1) is 15.5. The smallest absolute Gasteiger partial charge is 0.339 e. The Labute approximate surface area is 196 Å². The van der Waals surface area contributed by atoms with Crippen molar-refractivity contribution in [3.05, 3.63) is 70.3 Å². The predicted octanol–water partition coefficient (Wildman–Crippen LogP) is 4.84. The molecule has 0 saturated carbocycles. The topological polar surface area (TPSA) is 96.4 Å². The number of hydrogen-bond donors (Lipinski definition) is 1. The first-order valence-corrected chi connectivity index (χ1v) is 10.7. The molecule has 3 aromatic rings. The van der Waals surface area contributed by atoms with Crippen LogP contribution in [-0.2, 0) is 11.3 Å². The van der Waals surface area contributed by atoms with E-state index in [0.29, 0.717) is 16.7 Å². The molecule has 0 radical (unpaired) electrons. The molecule has 3 rings (SSSR count). The number of esters is 1. The molecule has 2 N–H and O–H groups in total. The number of halogens is 2. The zero-order chi connectivity index (χ0) is 24.3. The summed E-state index contributed by atoms with van der Waals surface area (Å²) in [6.45, 7) is 7.28. The molecule has 0 atom stereocenters. The monoisotopic (exact) mass is 473 g/mol. The van der Waals surface area contributed by atoms with E-state index in [1.54, 1.807) is 64.1 Å². The number of nitrogens with two attached hydrogens (primary N) is 1. The van der Waals surface area contributed by atoms with Gasteiger partial charge in [-0.05, 0) is 51.0 Å². The van der Waals surface area contributed by atoms with Crippen LogP contribution in [-0.4, -0.2) is 33.6 Å². The average molecular weight is 474 g/mol. The lowest BCUT2D eigenvalue weighted by Crippen LogP contribution is -2.24. The van der Waals surface area contributed by atoms with Crippen molar-refractivity contribution < 1.29 is 23.5 Å². The Bertz CT molecular complexity index is 1200. The summed E-state index contributed by atoms with van der Waals surface area (Å²) in [4.78, 5) is 28.5. The Kier molecular flexibility index (Phi) is 7.07. The molecule has 33 heavy (non-hydrogen) atoms. The standard InChI is InChI=1S/C24H25ClFN3O4/c1-5-32-23-28-20(25)19(21(27)30)29(23)13-15-11-10-14(12-18(15)26)16-8-6-7-9-17(16)22(31)33-24(2,3)4/h6-12H,5,13H2,1-4H3,(H2,27,30). The summed E-state index contributed by atoms with van der Waals surface area (Å²) in [6, 6.07) is 11.5. The largest absolute Gasteiger partial charge is 0.465 e. The number of imidazole rings is 1. The van der Waals surface area contributed by atoms with Gasteiger partial charge in [-0.3, -0.25) is 9.36 Å². The van der Waals surface area contributed by atoms with E-state index >= 15 is 4.39 Å². The van der Waals surface area contributed by atoms with Crippen molar-refractivity contribution in [1.82, 2.24) is 9.55 Å². The number of hydrogen-bond acceptors (Lipinski definition) is 5. The van der Waals surface area contributed by atoms with E-state index in [2.05, 4.69) is 4.98 Å². The second-order valence-corrected chi connectivity index (χ2v) is 8.63. The number of nitrogens with zero attached hydrogens (tertiary/aromatic N) is 2. The second-order valence-electron chi connectivity index (χ2n) is 8.27. The fraction of sp³-hybridized carbons (Fsp3) is 0.292. The van der Waals surface area contributed by atoms with Crippen LogP contribution in [0.15, 0.2) is 42.5 Å². The van der Waals surface area contributed by atoms with Crippen molar-refractivity contribution in [1.29, 1.82) is 0 Å². The summed E-state index contributed by atoms with van der Waals surface area (Å²) in [6.07, 6.45) is 0. The van der Waals surface area contributed by atoms with E-state index in [0.717, 1.165) is 0 Å². The Morgan fingerprint density at radius 2 is 1.88 bits per heavy atom. The molecule has 0 saturated heterocycles. The van der Waals surface area contributed by atoms with Crippen LogP contribution in [0, 0.1) is 5.82 Å². The Morgan fingerprint density at radius 3 is 2.48 bits per heavy atom. The lowest BCUT2D eigenvalue weighted by atomic mass is 9.98. The summed E-state index contributed by atoms with van der Waals surface area (Å²) in [5, 5.41) is -0.116. The van der Waals surface area contributed by atoms with Gasteiger partial charge < -0.3 is 15.2 Å². The molecule has 2 aromatic carbocycles. The SMILES string of the molecule is CCOc1nc(Cl)c(C(N)=O)n1Cc1ccc(-c2ccccc2C(=O)OC(C)(C)C)cc1F. The van der Waals surface area contributed by atoms with Crippen LogP contribution >= 0.6 is 11.6 Å². The van der Waals surface area contributed by atoms with Gasteiger partial charge >= 0.3 is 5.97 Å². The highest BCUT2D eigenvalue weighted by Crippen LogP contribution is 2.29.